The lowest BCUT2D eigenvalue weighted by molar-refractivity contribution is -0.133. The fraction of sp³-hybridized carbons (Fsp3) is 0.409. The molecule has 29 heavy (non-hydrogen) atoms. The monoisotopic (exact) mass is 396 g/mol. The number of carboxylic acids is 1. The molecule has 7 nitrogen and oxygen atoms in total. The number of aldehydes is 2. The Balaban J connectivity index is 1.94. The van der Waals surface area contributed by atoms with E-state index in [1.807, 2.05) is 25.1 Å². The van der Waals surface area contributed by atoms with Gasteiger partial charge in [-0.3, -0.25) is 9.69 Å². The molecule has 0 unspecified atom stereocenters. The lowest BCUT2D eigenvalue weighted by atomic mass is 9.72. The minimum Gasteiger partial charge on any atom is -0.496 e. The number of rotatable bonds is 5. The second kappa shape index (κ2) is 7.48. The SMILES string of the molecule is CC[C@@H]1CN2CCc3c([nH]c4cccc(OC)c34)[C@H]2[C@@H](C=O)/C1=C(/C=O)C(=O)O. The van der Waals surface area contributed by atoms with E-state index < -0.39 is 11.9 Å². The van der Waals surface area contributed by atoms with Gasteiger partial charge in [-0.25, -0.2) is 4.79 Å². The highest BCUT2D eigenvalue weighted by Crippen LogP contribution is 2.48. The first-order chi connectivity index (χ1) is 14.0. The average Bonchev–Trinajstić information content (AvgIpc) is 3.12. The standard InChI is InChI=1S/C22H24N2O5/c1-3-12-9-24-8-7-13-19-16(5-4-6-17(19)29-2)23-20(13)21(24)14(10-25)18(12)15(11-26)22(27)28/h4-6,10-12,14,21,23H,3,7-9H2,1-2H3,(H,27,28)/b18-15-/t12-,14+,21-/m1/s1. The van der Waals surface area contributed by atoms with Crippen molar-refractivity contribution in [2.45, 2.75) is 25.8 Å². The van der Waals surface area contributed by atoms with E-state index in [9.17, 15) is 19.5 Å². The summed E-state index contributed by atoms with van der Waals surface area (Å²) in [6.07, 6.45) is 2.66. The Morgan fingerprint density at radius 3 is 2.79 bits per heavy atom. The summed E-state index contributed by atoms with van der Waals surface area (Å²) in [5.74, 6) is -1.34. The zero-order valence-corrected chi connectivity index (χ0v) is 16.5. The number of hydrogen-bond donors (Lipinski definition) is 2. The van der Waals surface area contributed by atoms with Gasteiger partial charge in [0, 0.05) is 29.7 Å². The molecule has 0 saturated carbocycles. The van der Waals surface area contributed by atoms with Gasteiger partial charge in [0.2, 0.25) is 0 Å². The summed E-state index contributed by atoms with van der Waals surface area (Å²) < 4.78 is 5.55. The predicted molar refractivity (Wildman–Crippen MR) is 107 cm³/mol. The first kappa shape index (κ1) is 19.4. The Kier molecular flexibility index (Phi) is 5.00. The molecule has 2 N–H and O–H groups in total. The number of carbonyl (C=O) groups excluding carboxylic acids is 2. The van der Waals surface area contributed by atoms with Crippen LogP contribution in [0.2, 0.25) is 0 Å². The van der Waals surface area contributed by atoms with Gasteiger partial charge in [-0.15, -0.1) is 0 Å². The first-order valence-electron chi connectivity index (χ1n) is 9.84. The second-order valence-electron chi connectivity index (χ2n) is 7.65. The maximum atomic E-state index is 12.3. The summed E-state index contributed by atoms with van der Waals surface area (Å²) in [6.45, 7) is 3.35. The third-order valence-electron chi connectivity index (χ3n) is 6.37. The Labute approximate surface area is 168 Å². The topological polar surface area (TPSA) is 99.7 Å². The zero-order chi connectivity index (χ0) is 20.7. The number of piperidine rings is 1. The van der Waals surface area contributed by atoms with Crippen LogP contribution in [-0.2, 0) is 20.8 Å². The normalized spacial score (nSPS) is 25.8. The largest absolute Gasteiger partial charge is 0.496 e. The average molecular weight is 396 g/mol. The molecular formula is C22H24N2O5. The van der Waals surface area contributed by atoms with Crippen molar-refractivity contribution in [1.82, 2.24) is 9.88 Å². The number of H-pyrrole nitrogens is 1. The molecule has 3 heterocycles. The number of carboxylic acid groups (broad SMARTS) is 1. The van der Waals surface area contributed by atoms with E-state index in [2.05, 4.69) is 9.88 Å². The molecule has 2 aliphatic heterocycles. The summed E-state index contributed by atoms with van der Waals surface area (Å²) in [4.78, 5) is 41.3. The van der Waals surface area contributed by atoms with Crippen molar-refractivity contribution < 1.29 is 24.2 Å². The molecule has 0 aliphatic carbocycles. The van der Waals surface area contributed by atoms with Gasteiger partial charge in [0.05, 0.1) is 24.6 Å². The van der Waals surface area contributed by atoms with Crippen LogP contribution in [-0.4, -0.2) is 53.7 Å². The number of hydrogen-bond acceptors (Lipinski definition) is 5. The van der Waals surface area contributed by atoms with Crippen LogP contribution in [0.5, 0.6) is 5.75 Å². The van der Waals surface area contributed by atoms with Gasteiger partial charge in [0.25, 0.3) is 0 Å². The number of nitrogens with one attached hydrogen (secondary N) is 1. The Morgan fingerprint density at radius 2 is 2.17 bits per heavy atom. The van der Waals surface area contributed by atoms with Crippen molar-refractivity contribution in [3.63, 3.8) is 0 Å². The number of aliphatic carboxylic acids is 1. The highest BCUT2D eigenvalue weighted by atomic mass is 16.5. The van der Waals surface area contributed by atoms with E-state index in [4.69, 9.17) is 4.74 Å². The van der Waals surface area contributed by atoms with Gasteiger partial charge in [-0.2, -0.15) is 0 Å². The maximum absolute atomic E-state index is 12.3. The molecule has 1 aromatic carbocycles. The minimum absolute atomic E-state index is 0.141. The molecule has 1 aromatic heterocycles. The summed E-state index contributed by atoms with van der Waals surface area (Å²) in [6, 6.07) is 5.47. The molecule has 2 aliphatic rings. The van der Waals surface area contributed by atoms with Crippen LogP contribution in [0.1, 0.15) is 30.6 Å². The molecule has 7 heteroatoms. The maximum Gasteiger partial charge on any atom is 0.339 e. The molecule has 0 radical (unpaired) electrons. The van der Waals surface area contributed by atoms with Crippen LogP contribution in [0.15, 0.2) is 29.3 Å². The number of benzene rings is 1. The second-order valence-corrected chi connectivity index (χ2v) is 7.65. The van der Waals surface area contributed by atoms with Crippen molar-refractivity contribution in [3.8, 4) is 5.75 Å². The zero-order valence-electron chi connectivity index (χ0n) is 16.5. The highest BCUT2D eigenvalue weighted by molar-refractivity contribution is 6.08. The molecule has 2 aromatic rings. The van der Waals surface area contributed by atoms with Crippen LogP contribution in [0.3, 0.4) is 0 Å². The number of carbonyl (C=O) groups is 3. The van der Waals surface area contributed by atoms with E-state index in [0.29, 0.717) is 24.8 Å². The van der Waals surface area contributed by atoms with Crippen LogP contribution < -0.4 is 4.74 Å². The summed E-state index contributed by atoms with van der Waals surface area (Å²) >= 11 is 0. The number of aromatic amines is 1. The number of fused-ring (bicyclic) bond motifs is 5. The van der Waals surface area contributed by atoms with Crippen molar-refractivity contribution >= 4 is 29.4 Å². The molecule has 0 spiro atoms. The molecule has 0 amide bonds. The molecular weight excluding hydrogens is 372 g/mol. The molecule has 0 bridgehead atoms. The minimum atomic E-state index is -1.27. The van der Waals surface area contributed by atoms with Crippen LogP contribution >= 0.6 is 0 Å². The van der Waals surface area contributed by atoms with Crippen molar-refractivity contribution in [2.24, 2.45) is 11.8 Å². The summed E-state index contributed by atoms with van der Waals surface area (Å²) in [5.41, 5.74) is 3.11. The van der Waals surface area contributed by atoms with Gasteiger partial charge in [-0.05, 0) is 42.0 Å². The molecule has 1 saturated heterocycles. The van der Waals surface area contributed by atoms with Gasteiger partial charge in [0.15, 0.2) is 6.29 Å². The van der Waals surface area contributed by atoms with E-state index in [-0.39, 0.29) is 17.5 Å². The van der Waals surface area contributed by atoms with Crippen molar-refractivity contribution in [2.75, 3.05) is 20.2 Å². The number of nitrogens with zero attached hydrogens (tertiary/aromatic N) is 1. The highest BCUT2D eigenvalue weighted by Gasteiger charge is 2.45. The fourth-order valence-corrected chi connectivity index (χ4v) is 5.13. The van der Waals surface area contributed by atoms with E-state index in [1.54, 1.807) is 7.11 Å². The molecule has 1 fully saturated rings. The number of ether oxygens (including phenoxy) is 1. The van der Waals surface area contributed by atoms with Gasteiger partial charge in [-0.1, -0.05) is 13.0 Å². The van der Waals surface area contributed by atoms with Gasteiger partial charge >= 0.3 is 5.97 Å². The summed E-state index contributed by atoms with van der Waals surface area (Å²) in [7, 11) is 1.63. The van der Waals surface area contributed by atoms with Crippen molar-refractivity contribution in [1.29, 1.82) is 0 Å². The lowest BCUT2D eigenvalue weighted by Gasteiger charge is -2.47. The first-order valence-corrected chi connectivity index (χ1v) is 9.84. The predicted octanol–water partition coefficient (Wildman–Crippen LogP) is 2.51. The van der Waals surface area contributed by atoms with Crippen LogP contribution in [0, 0.1) is 11.8 Å². The molecule has 4 rings (SSSR count). The molecule has 152 valence electrons. The van der Waals surface area contributed by atoms with Crippen molar-refractivity contribution in [3.05, 3.63) is 40.6 Å². The van der Waals surface area contributed by atoms with Crippen LogP contribution in [0.25, 0.3) is 10.9 Å². The van der Waals surface area contributed by atoms with Gasteiger partial charge < -0.3 is 19.6 Å². The summed E-state index contributed by atoms with van der Waals surface area (Å²) in [5, 5.41) is 10.6. The third kappa shape index (κ3) is 2.88. The lowest BCUT2D eigenvalue weighted by Crippen LogP contribution is -2.49. The Morgan fingerprint density at radius 1 is 1.38 bits per heavy atom. The van der Waals surface area contributed by atoms with Crippen LogP contribution in [0.4, 0.5) is 0 Å². The van der Waals surface area contributed by atoms with E-state index in [0.717, 1.165) is 47.2 Å². The van der Waals surface area contributed by atoms with E-state index in [1.165, 1.54) is 0 Å². The smallest absolute Gasteiger partial charge is 0.339 e. The van der Waals surface area contributed by atoms with E-state index >= 15 is 0 Å². The van der Waals surface area contributed by atoms with Gasteiger partial charge in [0.1, 0.15) is 12.0 Å². The fourth-order valence-electron chi connectivity index (χ4n) is 5.13. The third-order valence-corrected chi connectivity index (χ3v) is 6.37. The number of aromatic nitrogens is 1. The Hall–Kier alpha value is -2.93. The quantitative estimate of drug-likeness (QED) is 0.349. The Bertz CT molecular complexity index is 1020. The number of methoxy groups -OCH3 is 1. The molecule has 3 atom stereocenters.